The molecule has 0 saturated carbocycles. The molecular formula is C14H18N2O2. The van der Waals surface area contributed by atoms with E-state index in [4.69, 9.17) is 4.42 Å². The molecule has 0 spiro atoms. The molecule has 0 bridgehead atoms. The number of rotatable bonds is 5. The van der Waals surface area contributed by atoms with Crippen molar-refractivity contribution in [2.45, 2.75) is 26.9 Å². The smallest absolute Gasteiger partial charge is 0.251 e. The van der Waals surface area contributed by atoms with Crippen LogP contribution in [0.1, 0.15) is 24.1 Å². The topological polar surface area (TPSA) is 47.2 Å². The van der Waals surface area contributed by atoms with Crippen LogP contribution in [0, 0.1) is 6.92 Å². The molecule has 2 rings (SSSR count). The van der Waals surface area contributed by atoms with E-state index < -0.39 is 0 Å². The van der Waals surface area contributed by atoms with Crippen LogP contribution in [0.2, 0.25) is 0 Å². The van der Waals surface area contributed by atoms with Crippen molar-refractivity contribution in [3.05, 3.63) is 57.9 Å². The SMILES string of the molecule is CCNCc1ccc(Cn2c(C)cccc2=O)o1. The van der Waals surface area contributed by atoms with Crippen molar-refractivity contribution in [3.63, 3.8) is 0 Å². The first-order chi connectivity index (χ1) is 8.70. The second-order valence-electron chi connectivity index (χ2n) is 4.24. The zero-order chi connectivity index (χ0) is 13.0. The summed E-state index contributed by atoms with van der Waals surface area (Å²) in [6.07, 6.45) is 0. The van der Waals surface area contributed by atoms with Crippen molar-refractivity contribution < 1.29 is 4.42 Å². The fraction of sp³-hybridized carbons (Fsp3) is 0.357. The summed E-state index contributed by atoms with van der Waals surface area (Å²) in [6.45, 7) is 6.09. The monoisotopic (exact) mass is 246 g/mol. The zero-order valence-electron chi connectivity index (χ0n) is 10.8. The van der Waals surface area contributed by atoms with E-state index in [1.54, 1.807) is 16.7 Å². The molecule has 0 fully saturated rings. The van der Waals surface area contributed by atoms with Crippen molar-refractivity contribution in [1.82, 2.24) is 9.88 Å². The lowest BCUT2D eigenvalue weighted by molar-refractivity contribution is 0.436. The van der Waals surface area contributed by atoms with Crippen LogP contribution in [0.25, 0.3) is 0 Å². The fourth-order valence-corrected chi connectivity index (χ4v) is 1.83. The molecule has 2 aromatic rings. The molecule has 4 nitrogen and oxygen atoms in total. The molecule has 0 aliphatic rings. The molecular weight excluding hydrogens is 228 g/mol. The van der Waals surface area contributed by atoms with Crippen LogP contribution in [0.5, 0.6) is 0 Å². The van der Waals surface area contributed by atoms with Gasteiger partial charge in [0.2, 0.25) is 0 Å². The van der Waals surface area contributed by atoms with E-state index in [0.29, 0.717) is 6.54 Å². The van der Waals surface area contributed by atoms with Gasteiger partial charge in [0.1, 0.15) is 11.5 Å². The first-order valence-corrected chi connectivity index (χ1v) is 6.15. The first-order valence-electron chi connectivity index (χ1n) is 6.15. The predicted molar refractivity (Wildman–Crippen MR) is 70.6 cm³/mol. The van der Waals surface area contributed by atoms with Gasteiger partial charge in [-0.05, 0) is 31.7 Å². The summed E-state index contributed by atoms with van der Waals surface area (Å²) in [7, 11) is 0. The summed E-state index contributed by atoms with van der Waals surface area (Å²) in [4.78, 5) is 11.7. The van der Waals surface area contributed by atoms with E-state index in [-0.39, 0.29) is 5.56 Å². The van der Waals surface area contributed by atoms with E-state index in [1.165, 1.54) is 0 Å². The van der Waals surface area contributed by atoms with Gasteiger partial charge in [0.25, 0.3) is 5.56 Å². The lowest BCUT2D eigenvalue weighted by Crippen LogP contribution is -2.21. The number of aromatic nitrogens is 1. The Balaban J connectivity index is 2.14. The predicted octanol–water partition coefficient (Wildman–Crippen LogP) is 1.91. The minimum atomic E-state index is -0.000340. The zero-order valence-corrected chi connectivity index (χ0v) is 10.8. The van der Waals surface area contributed by atoms with Crippen LogP contribution < -0.4 is 10.9 Å². The van der Waals surface area contributed by atoms with Crippen molar-refractivity contribution in [3.8, 4) is 0 Å². The Kier molecular flexibility index (Phi) is 3.99. The number of nitrogens with one attached hydrogen (secondary N) is 1. The van der Waals surface area contributed by atoms with E-state index in [0.717, 1.165) is 30.3 Å². The quantitative estimate of drug-likeness (QED) is 0.876. The highest BCUT2D eigenvalue weighted by Gasteiger charge is 2.05. The molecule has 18 heavy (non-hydrogen) atoms. The maximum atomic E-state index is 11.7. The largest absolute Gasteiger partial charge is 0.463 e. The van der Waals surface area contributed by atoms with Gasteiger partial charge in [-0.1, -0.05) is 13.0 Å². The van der Waals surface area contributed by atoms with Crippen molar-refractivity contribution in [2.24, 2.45) is 0 Å². The summed E-state index contributed by atoms with van der Waals surface area (Å²) >= 11 is 0. The molecule has 2 heterocycles. The first kappa shape index (κ1) is 12.6. The van der Waals surface area contributed by atoms with Crippen LogP contribution in [0.4, 0.5) is 0 Å². The number of nitrogens with zero attached hydrogens (tertiary/aromatic N) is 1. The van der Waals surface area contributed by atoms with Gasteiger partial charge in [-0.15, -0.1) is 0 Å². The van der Waals surface area contributed by atoms with Gasteiger partial charge >= 0.3 is 0 Å². The van der Waals surface area contributed by atoms with Crippen LogP contribution >= 0.6 is 0 Å². The van der Waals surface area contributed by atoms with Crippen LogP contribution in [0.3, 0.4) is 0 Å². The van der Waals surface area contributed by atoms with Crippen molar-refractivity contribution in [2.75, 3.05) is 6.54 Å². The minimum absolute atomic E-state index is 0.000340. The third-order valence-corrected chi connectivity index (χ3v) is 2.85. The Morgan fingerprint density at radius 3 is 2.72 bits per heavy atom. The summed E-state index contributed by atoms with van der Waals surface area (Å²) in [6, 6.07) is 9.12. The lowest BCUT2D eigenvalue weighted by Gasteiger charge is -2.06. The molecule has 4 heteroatoms. The van der Waals surface area contributed by atoms with E-state index >= 15 is 0 Å². The number of furan rings is 1. The number of hydrogen-bond donors (Lipinski definition) is 1. The molecule has 0 unspecified atom stereocenters. The average molecular weight is 246 g/mol. The molecule has 0 aliphatic carbocycles. The number of pyridine rings is 1. The molecule has 0 aliphatic heterocycles. The highest BCUT2D eigenvalue weighted by Crippen LogP contribution is 2.09. The van der Waals surface area contributed by atoms with Gasteiger partial charge < -0.3 is 14.3 Å². The number of hydrogen-bond acceptors (Lipinski definition) is 3. The maximum absolute atomic E-state index is 11.7. The van der Waals surface area contributed by atoms with Gasteiger partial charge in [0, 0.05) is 11.8 Å². The summed E-state index contributed by atoms with van der Waals surface area (Å²) in [5.74, 6) is 1.70. The molecule has 0 atom stereocenters. The molecule has 0 aromatic carbocycles. The normalized spacial score (nSPS) is 10.8. The lowest BCUT2D eigenvalue weighted by atomic mass is 10.3. The van der Waals surface area contributed by atoms with Gasteiger partial charge in [0.05, 0.1) is 13.1 Å². The van der Waals surface area contributed by atoms with Crippen LogP contribution in [0.15, 0.2) is 39.5 Å². The van der Waals surface area contributed by atoms with Gasteiger partial charge in [-0.3, -0.25) is 4.79 Å². The molecule has 0 amide bonds. The molecule has 0 radical (unpaired) electrons. The van der Waals surface area contributed by atoms with Crippen molar-refractivity contribution >= 4 is 0 Å². The Labute approximate surface area is 106 Å². The van der Waals surface area contributed by atoms with E-state index in [2.05, 4.69) is 12.2 Å². The van der Waals surface area contributed by atoms with Crippen molar-refractivity contribution in [1.29, 1.82) is 0 Å². The van der Waals surface area contributed by atoms with Gasteiger partial charge in [-0.25, -0.2) is 0 Å². The summed E-state index contributed by atoms with van der Waals surface area (Å²) in [5, 5.41) is 3.20. The Hall–Kier alpha value is -1.81. The number of aryl methyl sites for hydroxylation is 1. The Bertz CT molecular complexity index is 569. The second-order valence-corrected chi connectivity index (χ2v) is 4.24. The molecule has 1 N–H and O–H groups in total. The third kappa shape index (κ3) is 2.90. The Morgan fingerprint density at radius 1 is 1.22 bits per heavy atom. The maximum Gasteiger partial charge on any atom is 0.251 e. The second kappa shape index (κ2) is 5.69. The van der Waals surface area contributed by atoms with Crippen LogP contribution in [-0.2, 0) is 13.1 Å². The fourth-order valence-electron chi connectivity index (χ4n) is 1.83. The highest BCUT2D eigenvalue weighted by atomic mass is 16.3. The standard InChI is InChI=1S/C14H18N2O2/c1-3-15-9-12-7-8-13(18-12)10-16-11(2)5-4-6-14(16)17/h4-8,15H,3,9-10H2,1-2H3. The summed E-state index contributed by atoms with van der Waals surface area (Å²) < 4.78 is 7.38. The molecule has 0 saturated heterocycles. The van der Waals surface area contributed by atoms with E-state index in [1.807, 2.05) is 25.1 Å². The van der Waals surface area contributed by atoms with Gasteiger partial charge in [0.15, 0.2) is 0 Å². The third-order valence-electron chi connectivity index (χ3n) is 2.85. The summed E-state index contributed by atoms with van der Waals surface area (Å²) in [5.41, 5.74) is 0.937. The minimum Gasteiger partial charge on any atom is -0.463 e. The Morgan fingerprint density at radius 2 is 2.00 bits per heavy atom. The average Bonchev–Trinajstić information content (AvgIpc) is 2.79. The van der Waals surface area contributed by atoms with Gasteiger partial charge in [-0.2, -0.15) is 0 Å². The molecule has 96 valence electrons. The van der Waals surface area contributed by atoms with E-state index in [9.17, 15) is 4.79 Å². The highest BCUT2D eigenvalue weighted by molar-refractivity contribution is 5.11. The molecule has 2 aromatic heterocycles. The van der Waals surface area contributed by atoms with Crippen LogP contribution in [-0.4, -0.2) is 11.1 Å².